The summed E-state index contributed by atoms with van der Waals surface area (Å²) in [5, 5.41) is 3.98. The second kappa shape index (κ2) is 7.73. The Kier molecular flexibility index (Phi) is 4.75. The van der Waals surface area contributed by atoms with Gasteiger partial charge in [-0.3, -0.25) is 0 Å². The van der Waals surface area contributed by atoms with Gasteiger partial charge in [0.15, 0.2) is 0 Å². The molecule has 1 fully saturated rings. The van der Waals surface area contributed by atoms with Gasteiger partial charge in [-0.05, 0) is 54.7 Å². The minimum atomic E-state index is -0.595. The van der Waals surface area contributed by atoms with E-state index in [1.807, 2.05) is 18.3 Å². The van der Waals surface area contributed by atoms with Crippen LogP contribution in [0.5, 0.6) is 0 Å². The number of anilines is 2. The molecule has 31 heavy (non-hydrogen) atoms. The van der Waals surface area contributed by atoms with Gasteiger partial charge >= 0.3 is 0 Å². The number of hydrogen-bond donors (Lipinski definition) is 3. The first kappa shape index (κ1) is 19.1. The highest BCUT2D eigenvalue weighted by molar-refractivity contribution is 6.02. The second-order valence-electron chi connectivity index (χ2n) is 7.55. The van der Waals surface area contributed by atoms with Crippen molar-refractivity contribution < 1.29 is 8.78 Å². The molecule has 5 rings (SSSR count). The zero-order valence-corrected chi connectivity index (χ0v) is 16.5. The van der Waals surface area contributed by atoms with Crippen molar-refractivity contribution in [2.45, 2.75) is 19.4 Å². The standard InChI is InChI=1S/C24H19F2N5/c25-19-2-1-3-20(26)18(19)13-29-21-11-16(7-6-14-4-5-14)31-24-23(21)17(12-30-24)15-8-9-28-22(27)10-15/h1-3,8-12,14H,4-5,13H2,(H2,27,28)(H2,29,30,31). The highest BCUT2D eigenvalue weighted by Gasteiger charge is 2.19. The average molecular weight is 415 g/mol. The number of hydrogen-bond acceptors (Lipinski definition) is 4. The maximum atomic E-state index is 14.1. The summed E-state index contributed by atoms with van der Waals surface area (Å²) < 4.78 is 28.3. The van der Waals surface area contributed by atoms with Crippen molar-refractivity contribution in [3.8, 4) is 23.0 Å². The van der Waals surface area contributed by atoms with Gasteiger partial charge in [0.1, 0.15) is 28.8 Å². The van der Waals surface area contributed by atoms with Crippen LogP contribution in [0.25, 0.3) is 22.2 Å². The third kappa shape index (κ3) is 3.92. The first-order valence-electron chi connectivity index (χ1n) is 10.0. The van der Waals surface area contributed by atoms with Gasteiger partial charge in [-0.2, -0.15) is 0 Å². The summed E-state index contributed by atoms with van der Waals surface area (Å²) >= 11 is 0. The van der Waals surface area contributed by atoms with E-state index in [2.05, 4.69) is 32.1 Å². The Hall–Kier alpha value is -3.92. The Balaban J connectivity index is 1.60. The molecule has 154 valence electrons. The minimum Gasteiger partial charge on any atom is -0.384 e. The van der Waals surface area contributed by atoms with E-state index in [4.69, 9.17) is 5.73 Å². The van der Waals surface area contributed by atoms with E-state index < -0.39 is 11.6 Å². The Morgan fingerprint density at radius 2 is 1.97 bits per heavy atom. The van der Waals surface area contributed by atoms with Crippen LogP contribution >= 0.6 is 0 Å². The molecule has 5 nitrogen and oxygen atoms in total. The van der Waals surface area contributed by atoms with Gasteiger partial charge in [0.25, 0.3) is 0 Å². The van der Waals surface area contributed by atoms with Crippen LogP contribution in [0, 0.1) is 29.4 Å². The SMILES string of the molecule is Nc1cc(-c2c[nH]c3nc(C#CC4CC4)cc(NCc4c(F)cccc4F)c23)ccn1. The van der Waals surface area contributed by atoms with E-state index in [0.29, 0.717) is 28.8 Å². The summed E-state index contributed by atoms with van der Waals surface area (Å²) in [4.78, 5) is 11.9. The fourth-order valence-electron chi connectivity index (χ4n) is 3.47. The van der Waals surface area contributed by atoms with E-state index >= 15 is 0 Å². The number of benzene rings is 1. The molecule has 1 aliphatic carbocycles. The lowest BCUT2D eigenvalue weighted by Crippen LogP contribution is -2.05. The van der Waals surface area contributed by atoms with Gasteiger partial charge < -0.3 is 16.0 Å². The molecule has 4 aromatic rings. The van der Waals surface area contributed by atoms with Crippen molar-refractivity contribution in [2.24, 2.45) is 5.92 Å². The molecular weight excluding hydrogens is 396 g/mol. The van der Waals surface area contributed by atoms with Gasteiger partial charge in [0, 0.05) is 47.1 Å². The Bertz CT molecular complexity index is 1330. The largest absolute Gasteiger partial charge is 0.384 e. The average Bonchev–Trinajstić information content (AvgIpc) is 3.49. The summed E-state index contributed by atoms with van der Waals surface area (Å²) in [6, 6.07) is 9.27. The Morgan fingerprint density at radius 3 is 2.71 bits per heavy atom. The van der Waals surface area contributed by atoms with Crippen molar-refractivity contribution in [1.29, 1.82) is 0 Å². The number of H-pyrrole nitrogens is 1. The number of aromatic nitrogens is 3. The maximum Gasteiger partial charge on any atom is 0.141 e. The summed E-state index contributed by atoms with van der Waals surface area (Å²) in [6.07, 6.45) is 5.69. The van der Waals surface area contributed by atoms with Crippen LogP contribution in [-0.4, -0.2) is 15.0 Å². The van der Waals surface area contributed by atoms with E-state index in [-0.39, 0.29) is 12.1 Å². The number of nitrogens with two attached hydrogens (primary N) is 1. The molecular formula is C24H19F2N5. The van der Waals surface area contributed by atoms with Crippen LogP contribution in [0.1, 0.15) is 24.1 Å². The summed E-state index contributed by atoms with van der Waals surface area (Å²) in [6.45, 7) is -0.0176. The molecule has 3 aromatic heterocycles. The molecule has 0 amide bonds. The number of pyridine rings is 2. The number of nitrogen functional groups attached to an aromatic ring is 1. The fourth-order valence-corrected chi connectivity index (χ4v) is 3.47. The zero-order chi connectivity index (χ0) is 21.4. The lowest BCUT2D eigenvalue weighted by atomic mass is 10.0. The van der Waals surface area contributed by atoms with E-state index in [1.54, 1.807) is 12.3 Å². The van der Waals surface area contributed by atoms with Crippen LogP contribution in [0.4, 0.5) is 20.3 Å². The smallest absolute Gasteiger partial charge is 0.141 e. The summed E-state index contributed by atoms with van der Waals surface area (Å²) in [7, 11) is 0. The number of aromatic amines is 1. The molecule has 4 N–H and O–H groups in total. The van der Waals surface area contributed by atoms with Crippen LogP contribution < -0.4 is 11.1 Å². The normalized spacial score (nSPS) is 13.1. The summed E-state index contributed by atoms with van der Waals surface area (Å²) in [5.74, 6) is 5.96. The molecule has 0 unspecified atom stereocenters. The molecule has 0 aliphatic heterocycles. The predicted octanol–water partition coefficient (Wildman–Crippen LogP) is 4.86. The fraction of sp³-hybridized carbons (Fsp3) is 0.167. The molecule has 1 saturated carbocycles. The number of fused-ring (bicyclic) bond motifs is 1. The predicted molar refractivity (Wildman–Crippen MR) is 117 cm³/mol. The lowest BCUT2D eigenvalue weighted by molar-refractivity contribution is 0.560. The minimum absolute atomic E-state index is 0.0176. The third-order valence-corrected chi connectivity index (χ3v) is 5.23. The molecule has 0 atom stereocenters. The van der Waals surface area contributed by atoms with Crippen molar-refractivity contribution in [2.75, 3.05) is 11.1 Å². The molecule has 1 aliphatic rings. The number of nitrogens with zero attached hydrogens (tertiary/aromatic N) is 2. The van der Waals surface area contributed by atoms with E-state index in [9.17, 15) is 8.78 Å². The Labute approximate surface area is 177 Å². The molecule has 0 spiro atoms. The summed E-state index contributed by atoms with van der Waals surface area (Å²) in [5.41, 5.74) is 9.45. The third-order valence-electron chi connectivity index (χ3n) is 5.23. The van der Waals surface area contributed by atoms with Gasteiger partial charge in [-0.25, -0.2) is 18.7 Å². The monoisotopic (exact) mass is 415 g/mol. The first-order chi connectivity index (χ1) is 15.1. The number of halogens is 2. The van der Waals surface area contributed by atoms with E-state index in [0.717, 1.165) is 29.4 Å². The maximum absolute atomic E-state index is 14.1. The first-order valence-corrected chi connectivity index (χ1v) is 10.0. The van der Waals surface area contributed by atoms with Crippen molar-refractivity contribution >= 4 is 22.5 Å². The van der Waals surface area contributed by atoms with E-state index in [1.165, 1.54) is 18.2 Å². The van der Waals surface area contributed by atoms with Crippen LogP contribution in [0.2, 0.25) is 0 Å². The van der Waals surface area contributed by atoms with Crippen LogP contribution in [-0.2, 0) is 6.54 Å². The van der Waals surface area contributed by atoms with Gasteiger partial charge in [-0.15, -0.1) is 0 Å². The van der Waals surface area contributed by atoms with Crippen molar-refractivity contribution in [3.05, 3.63) is 71.7 Å². The van der Waals surface area contributed by atoms with Crippen LogP contribution in [0.15, 0.2) is 48.8 Å². The molecule has 1 aromatic carbocycles. The number of rotatable bonds is 4. The van der Waals surface area contributed by atoms with Gasteiger partial charge in [0.2, 0.25) is 0 Å². The highest BCUT2D eigenvalue weighted by Crippen LogP contribution is 2.35. The molecule has 0 saturated heterocycles. The molecule has 7 heteroatoms. The highest BCUT2D eigenvalue weighted by atomic mass is 19.1. The van der Waals surface area contributed by atoms with Crippen LogP contribution in [0.3, 0.4) is 0 Å². The van der Waals surface area contributed by atoms with Crippen molar-refractivity contribution in [3.63, 3.8) is 0 Å². The zero-order valence-electron chi connectivity index (χ0n) is 16.5. The van der Waals surface area contributed by atoms with Gasteiger partial charge in [-0.1, -0.05) is 12.0 Å². The Morgan fingerprint density at radius 1 is 1.16 bits per heavy atom. The molecule has 3 heterocycles. The number of nitrogens with one attached hydrogen (secondary N) is 2. The quantitative estimate of drug-likeness (QED) is 0.416. The lowest BCUT2D eigenvalue weighted by Gasteiger charge is -2.12. The second-order valence-corrected chi connectivity index (χ2v) is 7.55. The van der Waals surface area contributed by atoms with Gasteiger partial charge in [0.05, 0.1) is 0 Å². The topological polar surface area (TPSA) is 79.6 Å². The molecule has 0 bridgehead atoms. The van der Waals surface area contributed by atoms with Crippen molar-refractivity contribution in [1.82, 2.24) is 15.0 Å². The molecule has 0 radical (unpaired) electrons.